The standard InChI is InChI=1S/C21H25NO2S/c1-16-9-11-19(25-16)18(23)10-12-20(24)22-15-21(13-5-6-14-21)17-7-3-2-4-8-17/h2-4,7-9,11H,5-6,10,12-15H2,1H3,(H,22,24). The molecule has 1 aromatic carbocycles. The van der Waals surface area contributed by atoms with E-state index in [9.17, 15) is 9.59 Å². The van der Waals surface area contributed by atoms with Crippen molar-refractivity contribution in [1.82, 2.24) is 5.32 Å². The average Bonchev–Trinajstić information content (AvgIpc) is 3.28. The lowest BCUT2D eigenvalue weighted by Gasteiger charge is -2.30. The maximum absolute atomic E-state index is 12.3. The van der Waals surface area contributed by atoms with Crippen molar-refractivity contribution < 1.29 is 9.59 Å². The van der Waals surface area contributed by atoms with Gasteiger partial charge in [0, 0.05) is 29.7 Å². The Morgan fingerprint density at radius 3 is 2.40 bits per heavy atom. The highest BCUT2D eigenvalue weighted by Crippen LogP contribution is 2.40. The van der Waals surface area contributed by atoms with Crippen molar-refractivity contribution in [2.75, 3.05) is 6.54 Å². The Labute approximate surface area is 153 Å². The van der Waals surface area contributed by atoms with Crippen LogP contribution in [0.4, 0.5) is 0 Å². The summed E-state index contributed by atoms with van der Waals surface area (Å²) in [5.74, 6) is 0.0377. The Morgan fingerprint density at radius 1 is 1.04 bits per heavy atom. The quantitative estimate of drug-likeness (QED) is 0.735. The topological polar surface area (TPSA) is 46.2 Å². The highest BCUT2D eigenvalue weighted by Gasteiger charge is 2.35. The molecule has 3 nitrogen and oxygen atoms in total. The highest BCUT2D eigenvalue weighted by atomic mass is 32.1. The number of Topliss-reactive ketones (excluding diaryl/α,β-unsaturated/α-hetero) is 1. The molecule has 0 spiro atoms. The summed E-state index contributed by atoms with van der Waals surface area (Å²) in [4.78, 5) is 26.3. The van der Waals surface area contributed by atoms with Crippen LogP contribution in [-0.2, 0) is 10.2 Å². The predicted octanol–water partition coefficient (Wildman–Crippen LogP) is 4.65. The summed E-state index contributed by atoms with van der Waals surface area (Å²) < 4.78 is 0. The SMILES string of the molecule is Cc1ccc(C(=O)CCC(=O)NCC2(c3ccccc3)CCCC2)s1. The lowest BCUT2D eigenvalue weighted by molar-refractivity contribution is -0.121. The summed E-state index contributed by atoms with van der Waals surface area (Å²) in [6.07, 6.45) is 5.20. The summed E-state index contributed by atoms with van der Waals surface area (Å²) in [5.41, 5.74) is 1.38. The first-order chi connectivity index (χ1) is 12.1. The Balaban J connectivity index is 1.53. The number of rotatable bonds is 7. The van der Waals surface area contributed by atoms with E-state index in [-0.39, 0.29) is 29.9 Å². The molecule has 1 aromatic heterocycles. The third-order valence-electron chi connectivity index (χ3n) is 5.17. The normalized spacial score (nSPS) is 15.9. The molecule has 1 aliphatic carbocycles. The zero-order valence-corrected chi connectivity index (χ0v) is 15.5. The third-order valence-corrected chi connectivity index (χ3v) is 6.21. The van der Waals surface area contributed by atoms with Crippen LogP contribution in [0.5, 0.6) is 0 Å². The molecule has 2 aromatic rings. The number of ketones is 1. The molecule has 132 valence electrons. The molecule has 1 aliphatic rings. The lowest BCUT2D eigenvalue weighted by Crippen LogP contribution is -2.39. The number of hydrogen-bond acceptors (Lipinski definition) is 3. The maximum atomic E-state index is 12.3. The first-order valence-corrected chi connectivity index (χ1v) is 9.83. The van der Waals surface area contributed by atoms with E-state index in [4.69, 9.17) is 0 Å². The van der Waals surface area contributed by atoms with E-state index < -0.39 is 0 Å². The van der Waals surface area contributed by atoms with Crippen molar-refractivity contribution >= 4 is 23.0 Å². The monoisotopic (exact) mass is 355 g/mol. The first kappa shape index (κ1) is 17.9. The van der Waals surface area contributed by atoms with Gasteiger partial charge in [0.1, 0.15) is 0 Å². The summed E-state index contributed by atoms with van der Waals surface area (Å²) in [6, 6.07) is 14.3. The molecular formula is C21H25NO2S. The molecule has 1 fully saturated rings. The Morgan fingerprint density at radius 2 is 1.76 bits per heavy atom. The van der Waals surface area contributed by atoms with Gasteiger partial charge in [0.05, 0.1) is 4.88 Å². The number of amides is 1. The molecular weight excluding hydrogens is 330 g/mol. The van der Waals surface area contributed by atoms with Gasteiger partial charge in [0.2, 0.25) is 5.91 Å². The first-order valence-electron chi connectivity index (χ1n) is 9.01. The second-order valence-electron chi connectivity index (χ2n) is 6.96. The van der Waals surface area contributed by atoms with Gasteiger partial charge in [-0.25, -0.2) is 0 Å². The van der Waals surface area contributed by atoms with Gasteiger partial charge in [0.15, 0.2) is 5.78 Å². The zero-order valence-electron chi connectivity index (χ0n) is 14.7. The van der Waals surface area contributed by atoms with E-state index >= 15 is 0 Å². The van der Waals surface area contributed by atoms with Crippen LogP contribution >= 0.6 is 11.3 Å². The second-order valence-corrected chi connectivity index (χ2v) is 8.25. The Hall–Kier alpha value is -1.94. The van der Waals surface area contributed by atoms with Gasteiger partial charge in [-0.2, -0.15) is 0 Å². The van der Waals surface area contributed by atoms with E-state index in [0.29, 0.717) is 6.54 Å². The molecule has 0 bridgehead atoms. The van der Waals surface area contributed by atoms with Gasteiger partial charge < -0.3 is 5.32 Å². The fourth-order valence-electron chi connectivity index (χ4n) is 3.70. The number of carbonyl (C=O) groups excluding carboxylic acids is 2. The van der Waals surface area contributed by atoms with E-state index in [2.05, 4.69) is 29.6 Å². The number of nitrogens with one attached hydrogen (secondary N) is 1. The third kappa shape index (κ3) is 4.37. The van der Waals surface area contributed by atoms with Gasteiger partial charge in [-0.15, -0.1) is 11.3 Å². The van der Waals surface area contributed by atoms with Crippen LogP contribution in [0.25, 0.3) is 0 Å². The van der Waals surface area contributed by atoms with Gasteiger partial charge in [-0.05, 0) is 37.5 Å². The molecule has 0 unspecified atom stereocenters. The molecule has 4 heteroatoms. The van der Waals surface area contributed by atoms with Crippen molar-refractivity contribution in [2.45, 2.75) is 50.9 Å². The molecule has 0 radical (unpaired) electrons. The van der Waals surface area contributed by atoms with Gasteiger partial charge in [0.25, 0.3) is 0 Å². The zero-order chi connectivity index (χ0) is 17.7. The van der Waals surface area contributed by atoms with E-state index in [1.807, 2.05) is 25.1 Å². The van der Waals surface area contributed by atoms with E-state index in [1.165, 1.54) is 29.7 Å². The second kappa shape index (κ2) is 7.96. The number of aryl methyl sites for hydroxylation is 1. The molecule has 25 heavy (non-hydrogen) atoms. The highest BCUT2D eigenvalue weighted by molar-refractivity contribution is 7.14. The van der Waals surface area contributed by atoms with Crippen LogP contribution in [0.3, 0.4) is 0 Å². The Bertz CT molecular complexity index is 729. The number of hydrogen-bond donors (Lipinski definition) is 1. The minimum atomic E-state index is -0.0242. The van der Waals surface area contributed by atoms with Crippen LogP contribution in [0.2, 0.25) is 0 Å². The van der Waals surface area contributed by atoms with Crippen molar-refractivity contribution in [3.8, 4) is 0 Å². The summed E-state index contributed by atoms with van der Waals surface area (Å²) in [5, 5.41) is 3.09. The van der Waals surface area contributed by atoms with Crippen LogP contribution < -0.4 is 5.32 Å². The fraction of sp³-hybridized carbons (Fsp3) is 0.429. The summed E-state index contributed by atoms with van der Waals surface area (Å²) in [6.45, 7) is 2.65. The molecule has 1 amide bonds. The van der Waals surface area contributed by atoms with E-state index in [1.54, 1.807) is 0 Å². The average molecular weight is 356 g/mol. The fourth-order valence-corrected chi connectivity index (χ4v) is 4.54. The molecule has 0 saturated heterocycles. The van der Waals surface area contributed by atoms with Gasteiger partial charge >= 0.3 is 0 Å². The van der Waals surface area contributed by atoms with E-state index in [0.717, 1.165) is 22.6 Å². The molecule has 1 N–H and O–H groups in total. The molecule has 3 rings (SSSR count). The Kier molecular flexibility index (Phi) is 5.69. The minimum absolute atomic E-state index is 0.0242. The van der Waals surface area contributed by atoms with Crippen molar-refractivity contribution in [2.24, 2.45) is 0 Å². The molecule has 0 aliphatic heterocycles. The van der Waals surface area contributed by atoms with Gasteiger partial charge in [-0.3, -0.25) is 9.59 Å². The van der Waals surface area contributed by atoms with Crippen molar-refractivity contribution in [3.63, 3.8) is 0 Å². The summed E-state index contributed by atoms with van der Waals surface area (Å²) in [7, 11) is 0. The maximum Gasteiger partial charge on any atom is 0.220 e. The number of carbonyl (C=O) groups is 2. The summed E-state index contributed by atoms with van der Waals surface area (Å²) >= 11 is 1.50. The van der Waals surface area contributed by atoms with Crippen molar-refractivity contribution in [1.29, 1.82) is 0 Å². The van der Waals surface area contributed by atoms with Crippen LogP contribution in [0.15, 0.2) is 42.5 Å². The van der Waals surface area contributed by atoms with Crippen LogP contribution in [0.1, 0.15) is 58.6 Å². The molecule has 1 heterocycles. The minimum Gasteiger partial charge on any atom is -0.355 e. The smallest absolute Gasteiger partial charge is 0.220 e. The van der Waals surface area contributed by atoms with Crippen molar-refractivity contribution in [3.05, 3.63) is 57.8 Å². The van der Waals surface area contributed by atoms with Crippen LogP contribution in [0, 0.1) is 6.92 Å². The predicted molar refractivity (Wildman–Crippen MR) is 102 cm³/mol. The number of thiophene rings is 1. The lowest BCUT2D eigenvalue weighted by atomic mass is 9.79. The molecule has 1 saturated carbocycles. The largest absolute Gasteiger partial charge is 0.355 e. The van der Waals surface area contributed by atoms with Gasteiger partial charge in [-0.1, -0.05) is 43.2 Å². The number of benzene rings is 1. The van der Waals surface area contributed by atoms with Crippen LogP contribution in [-0.4, -0.2) is 18.2 Å². The molecule has 0 atom stereocenters.